The van der Waals surface area contributed by atoms with Crippen molar-refractivity contribution in [1.29, 1.82) is 0 Å². The van der Waals surface area contributed by atoms with Gasteiger partial charge in [-0.2, -0.15) is 0 Å². The predicted octanol–water partition coefficient (Wildman–Crippen LogP) is 0.536. The first kappa shape index (κ1) is 10.4. The number of rotatable bonds is 0. The Kier molecular flexibility index (Phi) is 4.46. The smallest absolute Gasteiger partial charge is 0.171 e. The van der Waals surface area contributed by atoms with Crippen LogP contribution in [0.2, 0.25) is 0 Å². The number of hydrogen-bond acceptors (Lipinski definition) is 1. The Morgan fingerprint density at radius 2 is 1.60 bits per heavy atom. The van der Waals surface area contributed by atoms with Crippen LogP contribution in [0, 0.1) is 0 Å². The molecule has 4 heteroatoms. The fourth-order valence-corrected chi connectivity index (χ4v) is 1.21. The van der Waals surface area contributed by atoms with Gasteiger partial charge in [0.05, 0.1) is 0 Å². The number of thiocarbonyl (C=S) groups is 1. The number of hydrogen-bond donors (Lipinski definition) is 0. The average molecular weight is 339 g/mol. The second kappa shape index (κ2) is 4.30. The van der Waals surface area contributed by atoms with Gasteiger partial charge in [-0.1, -0.05) is 0 Å². The van der Waals surface area contributed by atoms with E-state index < -0.39 is 0 Å². The van der Waals surface area contributed by atoms with E-state index in [9.17, 15) is 0 Å². The molecule has 0 radical (unpaired) electrons. The standard InChI is InChI=1S/C6H12N2S.Pt/c1-7-4-3-5-8(2)6(7)9;/h3-5H2,1-2H3;. The molecule has 10 heavy (non-hydrogen) atoms. The minimum atomic E-state index is 0. The molecule has 0 saturated carbocycles. The molecule has 1 rings (SSSR count). The van der Waals surface area contributed by atoms with Crippen molar-refractivity contribution in [3.63, 3.8) is 0 Å². The van der Waals surface area contributed by atoms with Crippen LogP contribution in [0.1, 0.15) is 6.42 Å². The zero-order valence-electron chi connectivity index (χ0n) is 6.24. The Balaban J connectivity index is 0.000000810. The van der Waals surface area contributed by atoms with Crippen molar-refractivity contribution in [3.8, 4) is 0 Å². The minimum Gasteiger partial charge on any atom is -0.352 e. The summed E-state index contributed by atoms with van der Waals surface area (Å²) in [5.41, 5.74) is 0. The third kappa shape index (κ3) is 2.21. The van der Waals surface area contributed by atoms with E-state index in [-0.39, 0.29) is 21.1 Å². The third-order valence-corrected chi connectivity index (χ3v) is 2.26. The van der Waals surface area contributed by atoms with E-state index in [0.29, 0.717) is 0 Å². The van der Waals surface area contributed by atoms with E-state index >= 15 is 0 Å². The van der Waals surface area contributed by atoms with Crippen LogP contribution in [0.25, 0.3) is 0 Å². The molecular formula is C6H12N2PtS. The molecule has 1 saturated heterocycles. The van der Waals surface area contributed by atoms with Crippen molar-refractivity contribution in [2.75, 3.05) is 27.2 Å². The van der Waals surface area contributed by atoms with Crippen LogP contribution in [0.4, 0.5) is 0 Å². The molecule has 0 aromatic carbocycles. The van der Waals surface area contributed by atoms with Gasteiger partial charge in [-0.3, -0.25) is 0 Å². The fourth-order valence-electron chi connectivity index (χ4n) is 1.03. The first-order valence-corrected chi connectivity index (χ1v) is 3.59. The van der Waals surface area contributed by atoms with Gasteiger partial charge >= 0.3 is 0 Å². The first-order valence-electron chi connectivity index (χ1n) is 3.18. The molecule has 0 aromatic heterocycles. The Bertz CT molecular complexity index is 117. The summed E-state index contributed by atoms with van der Waals surface area (Å²) in [6.45, 7) is 2.23. The summed E-state index contributed by atoms with van der Waals surface area (Å²) < 4.78 is 0. The molecule has 0 spiro atoms. The maximum atomic E-state index is 5.10. The molecule has 0 bridgehead atoms. The van der Waals surface area contributed by atoms with Crippen molar-refractivity contribution >= 4 is 17.3 Å². The van der Waals surface area contributed by atoms with Crippen molar-refractivity contribution in [1.82, 2.24) is 9.80 Å². The van der Waals surface area contributed by atoms with Crippen LogP contribution in [0.15, 0.2) is 0 Å². The zero-order chi connectivity index (χ0) is 6.85. The molecular weight excluding hydrogens is 327 g/mol. The molecule has 0 aromatic rings. The van der Waals surface area contributed by atoms with Gasteiger partial charge in [0.25, 0.3) is 0 Å². The van der Waals surface area contributed by atoms with Gasteiger partial charge in [0.15, 0.2) is 5.11 Å². The van der Waals surface area contributed by atoms with Gasteiger partial charge in [-0.15, -0.1) is 0 Å². The van der Waals surface area contributed by atoms with Crippen molar-refractivity contribution < 1.29 is 21.1 Å². The van der Waals surface area contributed by atoms with Crippen LogP contribution in [-0.4, -0.2) is 42.1 Å². The van der Waals surface area contributed by atoms with Crippen molar-refractivity contribution in [3.05, 3.63) is 0 Å². The zero-order valence-corrected chi connectivity index (χ0v) is 9.33. The summed E-state index contributed by atoms with van der Waals surface area (Å²) in [7, 11) is 4.08. The largest absolute Gasteiger partial charge is 0.352 e. The monoisotopic (exact) mass is 339 g/mol. The molecule has 0 amide bonds. The van der Waals surface area contributed by atoms with E-state index in [2.05, 4.69) is 9.80 Å². The van der Waals surface area contributed by atoms with Gasteiger partial charge in [0.1, 0.15) is 0 Å². The van der Waals surface area contributed by atoms with Gasteiger partial charge in [-0.05, 0) is 18.6 Å². The van der Waals surface area contributed by atoms with E-state index in [0.717, 1.165) is 18.2 Å². The fraction of sp³-hybridized carbons (Fsp3) is 0.833. The molecule has 1 aliphatic rings. The Hall–Kier alpha value is 0.378. The molecule has 1 fully saturated rings. The first-order chi connectivity index (χ1) is 4.22. The van der Waals surface area contributed by atoms with E-state index in [4.69, 9.17) is 12.2 Å². The molecule has 1 heterocycles. The molecule has 1 aliphatic heterocycles. The van der Waals surface area contributed by atoms with Gasteiger partial charge in [0, 0.05) is 48.3 Å². The summed E-state index contributed by atoms with van der Waals surface area (Å²) in [4.78, 5) is 4.22. The summed E-state index contributed by atoms with van der Waals surface area (Å²) in [6, 6.07) is 0. The van der Waals surface area contributed by atoms with E-state index in [1.807, 2.05) is 14.1 Å². The van der Waals surface area contributed by atoms with Crippen LogP contribution >= 0.6 is 12.2 Å². The topological polar surface area (TPSA) is 6.48 Å². The summed E-state index contributed by atoms with van der Waals surface area (Å²) in [6.07, 6.45) is 1.23. The molecule has 0 aliphatic carbocycles. The average Bonchev–Trinajstić information content (AvgIpc) is 1.83. The second-order valence-corrected chi connectivity index (χ2v) is 2.84. The second-order valence-electron chi connectivity index (χ2n) is 2.48. The van der Waals surface area contributed by atoms with E-state index in [1.165, 1.54) is 6.42 Å². The van der Waals surface area contributed by atoms with Crippen LogP contribution in [-0.2, 0) is 21.1 Å². The Morgan fingerprint density at radius 1 is 1.20 bits per heavy atom. The molecule has 2 nitrogen and oxygen atoms in total. The van der Waals surface area contributed by atoms with Gasteiger partial charge in [-0.25, -0.2) is 0 Å². The van der Waals surface area contributed by atoms with Crippen LogP contribution < -0.4 is 0 Å². The number of nitrogens with zero attached hydrogens (tertiary/aromatic N) is 2. The Labute approximate surface area is 81.8 Å². The van der Waals surface area contributed by atoms with Gasteiger partial charge in [0.2, 0.25) is 0 Å². The maximum Gasteiger partial charge on any atom is 0.171 e. The van der Waals surface area contributed by atoms with Gasteiger partial charge < -0.3 is 9.80 Å². The molecule has 0 N–H and O–H groups in total. The summed E-state index contributed by atoms with van der Waals surface area (Å²) in [5, 5.41) is 0.973. The SMILES string of the molecule is CN1CCCN(C)C1=S.[Pt]. The molecule has 0 unspecified atom stereocenters. The summed E-state index contributed by atoms with van der Waals surface area (Å²) >= 11 is 5.10. The Morgan fingerprint density at radius 3 is 1.90 bits per heavy atom. The van der Waals surface area contributed by atoms with Crippen LogP contribution in [0.3, 0.4) is 0 Å². The van der Waals surface area contributed by atoms with E-state index in [1.54, 1.807) is 0 Å². The molecule has 0 atom stereocenters. The predicted molar refractivity (Wildman–Crippen MR) is 42.5 cm³/mol. The summed E-state index contributed by atoms with van der Waals surface area (Å²) in [5.74, 6) is 0. The van der Waals surface area contributed by atoms with Crippen molar-refractivity contribution in [2.24, 2.45) is 0 Å². The molecule has 62 valence electrons. The minimum absolute atomic E-state index is 0. The quantitative estimate of drug-likeness (QED) is 0.595. The van der Waals surface area contributed by atoms with Crippen molar-refractivity contribution in [2.45, 2.75) is 6.42 Å². The maximum absolute atomic E-state index is 5.10. The normalized spacial score (nSPS) is 18.8. The van der Waals surface area contributed by atoms with Crippen LogP contribution in [0.5, 0.6) is 0 Å². The third-order valence-electron chi connectivity index (χ3n) is 1.64.